The Morgan fingerprint density at radius 2 is 2.00 bits per heavy atom. The molecule has 3 aromatic rings. The van der Waals surface area contributed by atoms with Gasteiger partial charge in [-0.2, -0.15) is 14.9 Å². The fourth-order valence-electron chi connectivity index (χ4n) is 1.94. The number of hydrogen-bond acceptors (Lipinski definition) is 3. The second-order valence-electron chi connectivity index (χ2n) is 4.55. The average molecular weight is 428 g/mol. The van der Waals surface area contributed by atoms with E-state index in [1.54, 1.807) is 29.1 Å². The highest BCUT2D eigenvalue weighted by Crippen LogP contribution is 2.26. The zero-order chi connectivity index (χ0) is 16.4. The third-order valence-electron chi connectivity index (χ3n) is 3.04. The predicted octanol–water partition coefficient (Wildman–Crippen LogP) is 5.56. The van der Waals surface area contributed by atoms with Crippen LogP contribution in [0.1, 0.15) is 5.56 Å². The number of halogens is 3. The molecule has 0 bridgehead atoms. The van der Waals surface area contributed by atoms with Crippen molar-refractivity contribution >= 4 is 57.6 Å². The maximum atomic E-state index is 6.15. The summed E-state index contributed by atoms with van der Waals surface area (Å²) in [6, 6.07) is 12.9. The van der Waals surface area contributed by atoms with Gasteiger partial charge in [-0.1, -0.05) is 57.3 Å². The molecule has 1 N–H and O–H groups in total. The molecule has 0 unspecified atom stereocenters. The number of rotatable bonds is 3. The number of benzene rings is 2. The van der Waals surface area contributed by atoms with Crippen molar-refractivity contribution < 1.29 is 0 Å². The van der Waals surface area contributed by atoms with Gasteiger partial charge in [0, 0.05) is 20.6 Å². The Morgan fingerprint density at radius 3 is 2.74 bits per heavy atom. The van der Waals surface area contributed by atoms with Crippen molar-refractivity contribution in [2.45, 2.75) is 0 Å². The van der Waals surface area contributed by atoms with Crippen LogP contribution in [0.5, 0.6) is 0 Å². The van der Waals surface area contributed by atoms with Gasteiger partial charge >= 0.3 is 0 Å². The minimum Gasteiger partial charge on any atom is -0.250 e. The Hall–Kier alpha value is -1.47. The average Bonchev–Trinajstić information content (AvgIpc) is 2.88. The number of nitrogens with zero attached hydrogens (tertiary/aromatic N) is 3. The zero-order valence-corrected chi connectivity index (χ0v) is 15.4. The van der Waals surface area contributed by atoms with Crippen molar-refractivity contribution in [1.29, 1.82) is 0 Å². The van der Waals surface area contributed by atoms with Crippen molar-refractivity contribution in [2.24, 2.45) is 5.10 Å². The largest absolute Gasteiger partial charge is 0.250 e. The van der Waals surface area contributed by atoms with Crippen LogP contribution in [0.15, 0.2) is 52.0 Å². The van der Waals surface area contributed by atoms with Crippen molar-refractivity contribution in [2.75, 3.05) is 0 Å². The van der Waals surface area contributed by atoms with Crippen LogP contribution >= 0.6 is 51.3 Å². The maximum Gasteiger partial charge on any atom is 0.216 e. The minimum absolute atomic E-state index is 0.386. The third kappa shape index (κ3) is 3.55. The van der Waals surface area contributed by atoms with E-state index in [1.807, 2.05) is 24.3 Å². The first kappa shape index (κ1) is 16.4. The van der Waals surface area contributed by atoms with Gasteiger partial charge in [0.2, 0.25) is 4.77 Å². The summed E-state index contributed by atoms with van der Waals surface area (Å²) in [7, 11) is 0. The molecule has 0 atom stereocenters. The van der Waals surface area contributed by atoms with Gasteiger partial charge in [-0.15, -0.1) is 0 Å². The van der Waals surface area contributed by atoms with Gasteiger partial charge < -0.3 is 0 Å². The number of aromatic amines is 1. The van der Waals surface area contributed by atoms with Crippen LogP contribution in [0, 0.1) is 4.77 Å². The standard InChI is InChI=1S/C15H9BrCl2N4S/c16-12-4-2-1-3-11(12)14-20-21-15(23)22(14)19-8-9-5-6-10(17)7-13(9)18/h1-8H,(H,21,23). The number of nitrogens with one attached hydrogen (secondary N) is 1. The fourth-order valence-corrected chi connectivity index (χ4v) is 3.04. The van der Waals surface area contributed by atoms with Gasteiger partial charge in [0.15, 0.2) is 5.82 Å². The summed E-state index contributed by atoms with van der Waals surface area (Å²) in [6.45, 7) is 0. The molecule has 0 saturated heterocycles. The highest BCUT2D eigenvalue weighted by Gasteiger charge is 2.11. The molecule has 1 aromatic heterocycles. The smallest absolute Gasteiger partial charge is 0.216 e. The normalized spacial score (nSPS) is 11.3. The van der Waals surface area contributed by atoms with E-state index < -0.39 is 0 Å². The maximum absolute atomic E-state index is 6.15. The quantitative estimate of drug-likeness (QED) is 0.439. The van der Waals surface area contributed by atoms with E-state index in [1.165, 1.54) is 0 Å². The third-order valence-corrected chi connectivity index (χ3v) is 4.56. The first-order chi connectivity index (χ1) is 11.1. The van der Waals surface area contributed by atoms with Crippen LogP contribution in [-0.4, -0.2) is 21.1 Å². The molecule has 0 amide bonds. The highest BCUT2D eigenvalue weighted by atomic mass is 79.9. The Balaban J connectivity index is 2.04. The Labute approximate surface area is 155 Å². The number of aromatic nitrogens is 3. The van der Waals surface area contributed by atoms with E-state index in [2.05, 4.69) is 31.2 Å². The highest BCUT2D eigenvalue weighted by molar-refractivity contribution is 9.10. The van der Waals surface area contributed by atoms with Crippen molar-refractivity contribution in [3.05, 3.63) is 67.3 Å². The lowest BCUT2D eigenvalue weighted by Gasteiger charge is -2.03. The molecule has 23 heavy (non-hydrogen) atoms. The van der Waals surface area contributed by atoms with Gasteiger partial charge in [0.25, 0.3) is 0 Å². The second kappa shape index (κ2) is 6.97. The molecular weight excluding hydrogens is 419 g/mol. The fraction of sp³-hybridized carbons (Fsp3) is 0. The summed E-state index contributed by atoms with van der Waals surface area (Å²) in [5.74, 6) is 0.601. The molecule has 1 heterocycles. The second-order valence-corrected chi connectivity index (χ2v) is 6.64. The zero-order valence-electron chi connectivity index (χ0n) is 11.5. The van der Waals surface area contributed by atoms with Crippen LogP contribution in [0.2, 0.25) is 10.0 Å². The van der Waals surface area contributed by atoms with E-state index in [9.17, 15) is 0 Å². The molecule has 3 rings (SSSR count). The van der Waals surface area contributed by atoms with Crippen LogP contribution in [0.4, 0.5) is 0 Å². The minimum atomic E-state index is 0.386. The Morgan fingerprint density at radius 1 is 1.22 bits per heavy atom. The van der Waals surface area contributed by atoms with E-state index in [0.29, 0.717) is 20.6 Å². The summed E-state index contributed by atoms with van der Waals surface area (Å²) < 4.78 is 2.83. The first-order valence-corrected chi connectivity index (χ1v) is 8.43. The van der Waals surface area contributed by atoms with E-state index in [4.69, 9.17) is 35.4 Å². The summed E-state index contributed by atoms with van der Waals surface area (Å²) in [5.41, 5.74) is 1.61. The number of H-pyrrole nitrogens is 1. The molecule has 0 radical (unpaired) electrons. The van der Waals surface area contributed by atoms with E-state index in [-0.39, 0.29) is 0 Å². The summed E-state index contributed by atoms with van der Waals surface area (Å²) in [4.78, 5) is 0. The lowest BCUT2D eigenvalue weighted by atomic mass is 10.2. The molecule has 0 spiro atoms. The van der Waals surface area contributed by atoms with E-state index in [0.717, 1.165) is 15.6 Å². The molecule has 2 aromatic carbocycles. The predicted molar refractivity (Wildman–Crippen MR) is 100 cm³/mol. The molecule has 0 saturated carbocycles. The molecule has 8 heteroatoms. The molecular formula is C15H9BrCl2N4S. The van der Waals surface area contributed by atoms with Crippen LogP contribution in [0.3, 0.4) is 0 Å². The van der Waals surface area contributed by atoms with Crippen LogP contribution in [0.25, 0.3) is 11.4 Å². The monoisotopic (exact) mass is 426 g/mol. The van der Waals surface area contributed by atoms with Crippen LogP contribution in [-0.2, 0) is 0 Å². The topological polar surface area (TPSA) is 46.0 Å². The lowest BCUT2D eigenvalue weighted by molar-refractivity contribution is 0.871. The summed E-state index contributed by atoms with van der Waals surface area (Å²) >= 11 is 20.8. The van der Waals surface area contributed by atoms with Crippen LogP contribution < -0.4 is 0 Å². The molecule has 0 aliphatic carbocycles. The van der Waals surface area contributed by atoms with Crippen molar-refractivity contribution in [1.82, 2.24) is 14.9 Å². The Bertz CT molecular complexity index is 949. The lowest BCUT2D eigenvalue weighted by Crippen LogP contribution is -1.96. The molecule has 0 aliphatic rings. The molecule has 4 nitrogen and oxygen atoms in total. The SMILES string of the molecule is S=c1[nH]nc(-c2ccccc2Br)n1N=Cc1ccc(Cl)cc1Cl. The molecule has 116 valence electrons. The van der Waals surface area contributed by atoms with Gasteiger partial charge in [-0.3, -0.25) is 0 Å². The molecule has 0 aliphatic heterocycles. The summed E-state index contributed by atoms with van der Waals surface area (Å²) in [5, 5.41) is 12.5. The van der Waals surface area contributed by atoms with Gasteiger partial charge in [-0.05, 0) is 36.5 Å². The first-order valence-electron chi connectivity index (χ1n) is 6.48. The molecule has 0 fully saturated rings. The van der Waals surface area contributed by atoms with Gasteiger partial charge in [-0.25, -0.2) is 5.10 Å². The number of hydrogen-bond donors (Lipinski definition) is 1. The van der Waals surface area contributed by atoms with E-state index >= 15 is 0 Å². The van der Waals surface area contributed by atoms with Crippen molar-refractivity contribution in [3.8, 4) is 11.4 Å². The van der Waals surface area contributed by atoms with Gasteiger partial charge in [0.1, 0.15) is 0 Å². The van der Waals surface area contributed by atoms with Crippen molar-refractivity contribution in [3.63, 3.8) is 0 Å². The van der Waals surface area contributed by atoms with Gasteiger partial charge in [0.05, 0.1) is 11.2 Å². The Kier molecular flexibility index (Phi) is 4.96. The summed E-state index contributed by atoms with van der Waals surface area (Å²) in [6.07, 6.45) is 1.62.